The first-order valence-corrected chi connectivity index (χ1v) is 15.0. The average Bonchev–Trinajstić information content (AvgIpc) is 3.44. The van der Waals surface area contributed by atoms with E-state index in [4.69, 9.17) is 28.4 Å². The Balaban J connectivity index is 1.44. The Kier molecular flexibility index (Phi) is 10.8. The number of benzene rings is 4. The largest absolute Gasteiger partial charge is 0.458 e. The molecule has 1 heterocycles. The maximum atomic E-state index is 13.3. The summed E-state index contributed by atoms with van der Waals surface area (Å²) in [5.41, 5.74) is 1.10. The number of esters is 4. The molecular weight excluding hydrogens is 604 g/mol. The van der Waals surface area contributed by atoms with E-state index in [9.17, 15) is 19.2 Å². The van der Waals surface area contributed by atoms with Gasteiger partial charge in [-0.1, -0.05) is 72.8 Å². The number of hydrogen-bond acceptors (Lipinski definition) is 10. The third kappa shape index (κ3) is 8.90. The summed E-state index contributed by atoms with van der Waals surface area (Å²) in [6.45, 7) is 2.43. The summed E-state index contributed by atoms with van der Waals surface area (Å²) in [6.07, 6.45) is -4.73. The van der Waals surface area contributed by atoms with E-state index >= 15 is 0 Å². The summed E-state index contributed by atoms with van der Waals surface area (Å²) in [4.78, 5) is 52.4. The van der Waals surface area contributed by atoms with Crippen LogP contribution in [0.25, 0.3) is 0 Å². The van der Waals surface area contributed by atoms with Gasteiger partial charge in [0.25, 0.3) is 0 Å². The Morgan fingerprint density at radius 1 is 0.511 bits per heavy atom. The Labute approximate surface area is 272 Å². The fourth-order valence-electron chi connectivity index (χ4n) is 4.97. The van der Waals surface area contributed by atoms with Gasteiger partial charge >= 0.3 is 23.9 Å². The van der Waals surface area contributed by atoms with E-state index < -0.39 is 67.3 Å². The summed E-state index contributed by atoms with van der Waals surface area (Å²) < 4.78 is 35.5. The Bertz CT molecular complexity index is 1520. The lowest BCUT2D eigenvalue weighted by Gasteiger charge is -2.30. The highest BCUT2D eigenvalue weighted by Crippen LogP contribution is 2.35. The molecule has 4 aromatic rings. The summed E-state index contributed by atoms with van der Waals surface area (Å²) in [7, 11) is 0. The van der Waals surface area contributed by atoms with Crippen LogP contribution in [0.15, 0.2) is 121 Å². The van der Waals surface area contributed by atoms with Crippen molar-refractivity contribution in [3.8, 4) is 0 Å². The number of ether oxygens (including phenoxy) is 6. The number of hydrogen-bond donors (Lipinski definition) is 0. The van der Waals surface area contributed by atoms with Crippen molar-refractivity contribution >= 4 is 23.9 Å². The molecule has 0 unspecified atom stereocenters. The van der Waals surface area contributed by atoms with E-state index in [1.807, 2.05) is 0 Å². The van der Waals surface area contributed by atoms with E-state index in [-0.39, 0.29) is 11.1 Å². The predicted molar refractivity (Wildman–Crippen MR) is 169 cm³/mol. The lowest BCUT2D eigenvalue weighted by molar-refractivity contribution is -0.164. The van der Waals surface area contributed by atoms with E-state index in [1.54, 1.807) is 135 Å². The first-order valence-electron chi connectivity index (χ1n) is 15.0. The van der Waals surface area contributed by atoms with Gasteiger partial charge < -0.3 is 28.4 Å². The topological polar surface area (TPSA) is 124 Å². The number of carbonyl (C=O) groups is 4. The average molecular weight is 639 g/mol. The molecule has 1 saturated heterocycles. The lowest BCUT2D eigenvalue weighted by Crippen LogP contribution is -2.49. The second kappa shape index (κ2) is 15.3. The van der Waals surface area contributed by atoms with Gasteiger partial charge in [-0.25, -0.2) is 19.2 Å². The molecule has 0 aromatic heterocycles. The van der Waals surface area contributed by atoms with Crippen LogP contribution in [0.2, 0.25) is 0 Å². The quantitative estimate of drug-likeness (QED) is 0.142. The zero-order chi connectivity index (χ0) is 33.2. The van der Waals surface area contributed by atoms with Crippen molar-refractivity contribution in [2.24, 2.45) is 0 Å². The number of rotatable bonds is 12. The molecule has 10 nitrogen and oxygen atoms in total. The molecule has 0 aliphatic carbocycles. The van der Waals surface area contributed by atoms with Crippen LogP contribution >= 0.6 is 0 Å². The normalized spacial score (nSPS) is 17.9. The van der Waals surface area contributed by atoms with Crippen LogP contribution in [0, 0.1) is 0 Å². The molecule has 0 bridgehead atoms. The van der Waals surface area contributed by atoms with Gasteiger partial charge in [-0.05, 0) is 62.4 Å². The summed E-state index contributed by atoms with van der Waals surface area (Å²) >= 11 is 0. The number of carbonyl (C=O) groups excluding carboxylic acids is 4. The fourth-order valence-corrected chi connectivity index (χ4v) is 4.97. The maximum Gasteiger partial charge on any atom is 0.338 e. The van der Waals surface area contributed by atoms with Crippen molar-refractivity contribution < 1.29 is 47.6 Å². The summed E-state index contributed by atoms with van der Waals surface area (Å²) in [6, 6.07) is 33.2. The van der Waals surface area contributed by atoms with Gasteiger partial charge in [0.15, 0.2) is 18.0 Å². The van der Waals surface area contributed by atoms with Crippen LogP contribution < -0.4 is 0 Å². The third-order valence-electron chi connectivity index (χ3n) is 7.21. The maximum absolute atomic E-state index is 13.3. The summed E-state index contributed by atoms with van der Waals surface area (Å²) in [5, 5.41) is 0. The molecule has 242 valence electrons. The summed E-state index contributed by atoms with van der Waals surface area (Å²) in [5.74, 6) is -3.97. The zero-order valence-electron chi connectivity index (χ0n) is 25.9. The standard InChI is InChI=1S/C37H34O10/c1-37(2)46-31(29(44-35(40)27-19-11-5-12-20-27)23-42-33(38)25-15-7-3-8-16-25)32(47-37)30(45-36(41)28-21-13-6-14-22-28)24-43-34(39)26-17-9-4-10-18-26/h3-22,29-32H,23-24H2,1-2H3/t29-,30+,31-,32-/m1/s1. The first kappa shape index (κ1) is 33.1. The zero-order valence-corrected chi connectivity index (χ0v) is 25.9. The molecule has 1 aliphatic rings. The smallest absolute Gasteiger partial charge is 0.338 e. The van der Waals surface area contributed by atoms with Crippen molar-refractivity contribution in [2.75, 3.05) is 13.2 Å². The van der Waals surface area contributed by atoms with E-state index in [2.05, 4.69) is 0 Å². The molecule has 0 amide bonds. The van der Waals surface area contributed by atoms with Gasteiger partial charge in [0.05, 0.1) is 22.3 Å². The van der Waals surface area contributed by atoms with Gasteiger partial charge in [0, 0.05) is 0 Å². The third-order valence-corrected chi connectivity index (χ3v) is 7.21. The molecule has 5 rings (SSSR count). The molecule has 0 radical (unpaired) electrons. The Morgan fingerprint density at radius 3 is 1.09 bits per heavy atom. The van der Waals surface area contributed by atoms with Crippen LogP contribution in [0.5, 0.6) is 0 Å². The van der Waals surface area contributed by atoms with Gasteiger partial charge in [-0.15, -0.1) is 0 Å². The Morgan fingerprint density at radius 2 is 0.787 bits per heavy atom. The van der Waals surface area contributed by atoms with Crippen molar-refractivity contribution in [2.45, 2.75) is 44.1 Å². The highest BCUT2D eigenvalue weighted by molar-refractivity contribution is 5.91. The van der Waals surface area contributed by atoms with Crippen molar-refractivity contribution in [3.63, 3.8) is 0 Å². The lowest BCUT2D eigenvalue weighted by atomic mass is 10.0. The highest BCUT2D eigenvalue weighted by Gasteiger charge is 2.52. The van der Waals surface area contributed by atoms with Crippen LogP contribution in [-0.2, 0) is 28.4 Å². The van der Waals surface area contributed by atoms with Crippen molar-refractivity contribution in [1.82, 2.24) is 0 Å². The van der Waals surface area contributed by atoms with Gasteiger partial charge in [-0.3, -0.25) is 0 Å². The molecule has 4 atom stereocenters. The Hall–Kier alpha value is -5.32. The van der Waals surface area contributed by atoms with Crippen LogP contribution in [0.1, 0.15) is 55.3 Å². The van der Waals surface area contributed by atoms with Crippen molar-refractivity contribution in [1.29, 1.82) is 0 Å². The molecule has 10 heteroatoms. The van der Waals surface area contributed by atoms with E-state index in [1.165, 1.54) is 0 Å². The SMILES string of the molecule is CC1(C)O[C@H]([C@H](COC(=O)c2ccccc2)OC(=O)c2ccccc2)[C@@H]([C@@H](COC(=O)c2ccccc2)OC(=O)c2ccccc2)O1. The van der Waals surface area contributed by atoms with Crippen molar-refractivity contribution in [3.05, 3.63) is 144 Å². The van der Waals surface area contributed by atoms with Gasteiger partial charge in [0.2, 0.25) is 0 Å². The molecular formula is C37H34O10. The van der Waals surface area contributed by atoms with E-state index in [0.717, 1.165) is 0 Å². The minimum atomic E-state index is -1.27. The van der Waals surface area contributed by atoms with Crippen LogP contribution in [0.3, 0.4) is 0 Å². The van der Waals surface area contributed by atoms with Gasteiger partial charge in [-0.2, -0.15) is 0 Å². The molecule has 0 N–H and O–H groups in total. The fraction of sp³-hybridized carbons (Fsp3) is 0.243. The first-order chi connectivity index (χ1) is 22.7. The second-order valence-corrected chi connectivity index (χ2v) is 11.1. The monoisotopic (exact) mass is 638 g/mol. The minimum absolute atomic E-state index is 0.255. The highest BCUT2D eigenvalue weighted by atomic mass is 16.8. The molecule has 47 heavy (non-hydrogen) atoms. The predicted octanol–water partition coefficient (Wildman–Crippen LogP) is 5.67. The molecule has 4 aromatic carbocycles. The second-order valence-electron chi connectivity index (χ2n) is 11.1. The van der Waals surface area contributed by atoms with Crippen LogP contribution in [-0.4, -0.2) is 67.3 Å². The molecule has 1 aliphatic heterocycles. The molecule has 1 fully saturated rings. The molecule has 0 saturated carbocycles. The molecule has 0 spiro atoms. The van der Waals surface area contributed by atoms with Gasteiger partial charge in [0.1, 0.15) is 25.4 Å². The minimum Gasteiger partial charge on any atom is -0.458 e. The van der Waals surface area contributed by atoms with E-state index in [0.29, 0.717) is 11.1 Å². The van der Waals surface area contributed by atoms with Crippen LogP contribution in [0.4, 0.5) is 0 Å².